The van der Waals surface area contributed by atoms with Crippen LogP contribution in [-0.2, 0) is 9.47 Å². The van der Waals surface area contributed by atoms with Gasteiger partial charge in [0.1, 0.15) is 12.2 Å². The number of methoxy groups -OCH3 is 3. The Hall–Kier alpha value is -1.79. The highest BCUT2D eigenvalue weighted by atomic mass is 16.5. The Morgan fingerprint density at radius 1 is 1.20 bits per heavy atom. The van der Waals surface area contributed by atoms with Crippen molar-refractivity contribution in [2.75, 3.05) is 34.4 Å². The highest BCUT2D eigenvalue weighted by Crippen LogP contribution is 2.31. The van der Waals surface area contributed by atoms with Crippen molar-refractivity contribution < 1.29 is 24.1 Å². The second-order valence-electron chi connectivity index (χ2n) is 4.61. The van der Waals surface area contributed by atoms with Gasteiger partial charge >= 0.3 is 0 Å². The van der Waals surface area contributed by atoms with Crippen molar-refractivity contribution in [1.82, 2.24) is 4.90 Å². The number of carbonyl (C=O) groups excluding carboxylic acids is 1. The van der Waals surface area contributed by atoms with Crippen LogP contribution in [0.25, 0.3) is 0 Å². The largest absolute Gasteiger partial charge is 0.504 e. The van der Waals surface area contributed by atoms with E-state index >= 15 is 0 Å². The maximum absolute atomic E-state index is 12.5. The number of benzene rings is 1. The molecule has 1 heterocycles. The van der Waals surface area contributed by atoms with Crippen molar-refractivity contribution in [1.29, 1.82) is 0 Å². The predicted octanol–water partition coefficient (Wildman–Crippen LogP) is 0.887. The SMILES string of the molecule is COc1cccc(C(=O)N2CC(OC)C(OC)C2)c1O. The number of carbonyl (C=O) groups is 1. The van der Waals surface area contributed by atoms with E-state index in [0.29, 0.717) is 13.1 Å². The normalized spacial score (nSPS) is 22.1. The summed E-state index contributed by atoms with van der Waals surface area (Å²) in [5.41, 5.74) is 0.218. The highest BCUT2D eigenvalue weighted by molar-refractivity contribution is 5.97. The number of phenolic OH excluding ortho intramolecular Hbond substituents is 1. The van der Waals surface area contributed by atoms with Crippen LogP contribution in [0.15, 0.2) is 18.2 Å². The molecule has 1 N–H and O–H groups in total. The first-order valence-electron chi connectivity index (χ1n) is 6.33. The maximum atomic E-state index is 12.5. The molecule has 0 aliphatic carbocycles. The molecule has 2 rings (SSSR count). The predicted molar refractivity (Wildman–Crippen MR) is 72.2 cm³/mol. The summed E-state index contributed by atoms with van der Waals surface area (Å²) in [5, 5.41) is 10.0. The Kier molecular flexibility index (Phi) is 4.46. The van der Waals surface area contributed by atoms with E-state index in [-0.39, 0.29) is 35.2 Å². The first kappa shape index (κ1) is 14.6. The summed E-state index contributed by atoms with van der Waals surface area (Å²) in [6, 6.07) is 4.84. The summed E-state index contributed by atoms with van der Waals surface area (Å²) < 4.78 is 15.6. The third-order valence-corrected chi connectivity index (χ3v) is 3.56. The lowest BCUT2D eigenvalue weighted by Crippen LogP contribution is -2.30. The van der Waals surface area contributed by atoms with Gasteiger partial charge in [0.25, 0.3) is 5.91 Å². The summed E-state index contributed by atoms with van der Waals surface area (Å²) in [4.78, 5) is 14.1. The highest BCUT2D eigenvalue weighted by Gasteiger charge is 2.36. The Morgan fingerprint density at radius 2 is 1.80 bits per heavy atom. The second-order valence-corrected chi connectivity index (χ2v) is 4.61. The van der Waals surface area contributed by atoms with E-state index < -0.39 is 0 Å². The first-order chi connectivity index (χ1) is 9.62. The third kappa shape index (κ3) is 2.57. The van der Waals surface area contributed by atoms with Crippen molar-refractivity contribution in [2.24, 2.45) is 0 Å². The summed E-state index contributed by atoms with van der Waals surface area (Å²) in [6.07, 6.45) is -0.312. The molecule has 0 spiro atoms. The fraction of sp³-hybridized carbons (Fsp3) is 0.500. The molecule has 20 heavy (non-hydrogen) atoms. The van der Waals surface area contributed by atoms with Gasteiger partial charge in [-0.1, -0.05) is 6.07 Å². The topological polar surface area (TPSA) is 68.2 Å². The Morgan fingerprint density at radius 3 is 2.30 bits per heavy atom. The molecule has 6 heteroatoms. The van der Waals surface area contributed by atoms with Crippen LogP contribution in [-0.4, -0.2) is 62.5 Å². The molecule has 6 nitrogen and oxygen atoms in total. The molecule has 110 valence electrons. The molecule has 1 aromatic rings. The summed E-state index contributed by atoms with van der Waals surface area (Å²) >= 11 is 0. The molecule has 2 unspecified atom stereocenters. The number of nitrogens with zero attached hydrogens (tertiary/aromatic N) is 1. The van der Waals surface area contributed by atoms with Gasteiger partial charge in [-0.15, -0.1) is 0 Å². The molecule has 0 aromatic heterocycles. The zero-order valence-electron chi connectivity index (χ0n) is 11.8. The Labute approximate surface area is 117 Å². The van der Waals surface area contributed by atoms with Gasteiger partial charge in [0.05, 0.1) is 12.7 Å². The van der Waals surface area contributed by atoms with Crippen LogP contribution >= 0.6 is 0 Å². The van der Waals surface area contributed by atoms with Crippen molar-refractivity contribution in [3.05, 3.63) is 23.8 Å². The number of para-hydroxylation sites is 1. The minimum absolute atomic E-state index is 0.144. The van der Waals surface area contributed by atoms with Gasteiger partial charge in [0.2, 0.25) is 0 Å². The molecule has 1 aliphatic rings. The van der Waals surface area contributed by atoms with Crippen LogP contribution < -0.4 is 4.74 Å². The standard InChI is InChI=1S/C14H19NO5/c1-18-10-6-4-5-9(13(10)16)14(17)15-7-11(19-2)12(8-15)20-3/h4-6,11-12,16H,7-8H2,1-3H3. The van der Waals surface area contributed by atoms with Gasteiger partial charge in [-0.2, -0.15) is 0 Å². The second kappa shape index (κ2) is 6.11. The van der Waals surface area contributed by atoms with E-state index in [1.54, 1.807) is 37.3 Å². The number of aromatic hydroxyl groups is 1. The molecule has 0 saturated carbocycles. The van der Waals surface area contributed by atoms with Crippen LogP contribution in [0.2, 0.25) is 0 Å². The van der Waals surface area contributed by atoms with Crippen LogP contribution in [0.5, 0.6) is 11.5 Å². The van der Waals surface area contributed by atoms with Crippen LogP contribution in [0.4, 0.5) is 0 Å². The number of ether oxygens (including phenoxy) is 3. The van der Waals surface area contributed by atoms with Gasteiger partial charge in [-0.25, -0.2) is 0 Å². The van der Waals surface area contributed by atoms with Crippen molar-refractivity contribution in [3.8, 4) is 11.5 Å². The third-order valence-electron chi connectivity index (χ3n) is 3.56. The molecular formula is C14H19NO5. The fourth-order valence-electron chi connectivity index (χ4n) is 2.39. The smallest absolute Gasteiger partial charge is 0.257 e. The van der Waals surface area contributed by atoms with E-state index in [4.69, 9.17) is 14.2 Å². The molecule has 0 radical (unpaired) electrons. The quantitative estimate of drug-likeness (QED) is 0.887. The van der Waals surface area contributed by atoms with Gasteiger partial charge < -0.3 is 24.2 Å². The molecule has 0 bridgehead atoms. The van der Waals surface area contributed by atoms with Gasteiger partial charge in [-0.05, 0) is 12.1 Å². The Bertz CT molecular complexity index is 478. The maximum Gasteiger partial charge on any atom is 0.257 e. The van der Waals surface area contributed by atoms with Crippen LogP contribution in [0.1, 0.15) is 10.4 Å². The minimum atomic E-state index is -0.261. The molecular weight excluding hydrogens is 262 g/mol. The van der Waals surface area contributed by atoms with E-state index in [1.807, 2.05) is 0 Å². The molecule has 1 aliphatic heterocycles. The number of hydrogen-bond donors (Lipinski definition) is 1. The van der Waals surface area contributed by atoms with Gasteiger partial charge in [0.15, 0.2) is 11.5 Å². The number of rotatable bonds is 4. The molecule has 1 aromatic carbocycles. The monoisotopic (exact) mass is 281 g/mol. The number of amides is 1. The van der Waals surface area contributed by atoms with E-state index in [1.165, 1.54) is 7.11 Å². The van der Waals surface area contributed by atoms with Crippen LogP contribution in [0, 0.1) is 0 Å². The average Bonchev–Trinajstić information content (AvgIpc) is 2.90. The van der Waals surface area contributed by atoms with Crippen molar-refractivity contribution >= 4 is 5.91 Å². The Balaban J connectivity index is 2.21. The number of phenols is 1. The first-order valence-corrected chi connectivity index (χ1v) is 6.33. The summed E-state index contributed by atoms with van der Waals surface area (Å²) in [5.74, 6) is -0.125. The lowest BCUT2D eigenvalue weighted by molar-refractivity contribution is -0.00461. The van der Waals surface area contributed by atoms with Crippen molar-refractivity contribution in [3.63, 3.8) is 0 Å². The van der Waals surface area contributed by atoms with Crippen LogP contribution in [0.3, 0.4) is 0 Å². The lowest BCUT2D eigenvalue weighted by atomic mass is 10.1. The van der Waals surface area contributed by atoms with E-state index in [9.17, 15) is 9.90 Å². The summed E-state index contributed by atoms with van der Waals surface area (Å²) in [6.45, 7) is 0.870. The fourth-order valence-corrected chi connectivity index (χ4v) is 2.39. The van der Waals surface area contributed by atoms with E-state index in [2.05, 4.69) is 0 Å². The van der Waals surface area contributed by atoms with Gasteiger partial charge in [-0.3, -0.25) is 4.79 Å². The van der Waals surface area contributed by atoms with Crippen molar-refractivity contribution in [2.45, 2.75) is 12.2 Å². The molecule has 2 atom stereocenters. The average molecular weight is 281 g/mol. The minimum Gasteiger partial charge on any atom is -0.504 e. The van der Waals surface area contributed by atoms with Gasteiger partial charge in [0, 0.05) is 27.3 Å². The van der Waals surface area contributed by atoms with E-state index in [0.717, 1.165) is 0 Å². The summed E-state index contributed by atoms with van der Waals surface area (Å²) in [7, 11) is 4.63. The number of hydrogen-bond acceptors (Lipinski definition) is 5. The lowest BCUT2D eigenvalue weighted by Gasteiger charge is -2.17. The zero-order chi connectivity index (χ0) is 14.7. The zero-order valence-corrected chi connectivity index (χ0v) is 11.8. The molecule has 1 amide bonds. The number of likely N-dealkylation sites (tertiary alicyclic amines) is 1. The molecule has 1 saturated heterocycles. The molecule has 1 fully saturated rings.